The fourth-order valence-electron chi connectivity index (χ4n) is 2.68. The standard InChI is InChI=1S/C16H14N4O2/c17-19-15(21)13-5-1-3-9-10-4-2-6-14(16(22)20-18)12(10)8-7-11(9)13/h1-8H,17-18H2,(H,19,21)(H,20,22). The van der Waals surface area contributed by atoms with Gasteiger partial charge in [0.05, 0.1) is 0 Å². The average molecular weight is 294 g/mol. The Morgan fingerprint density at radius 2 is 1.05 bits per heavy atom. The summed E-state index contributed by atoms with van der Waals surface area (Å²) in [5, 5.41) is 3.27. The van der Waals surface area contributed by atoms with E-state index < -0.39 is 0 Å². The number of carbonyl (C=O) groups excluding carboxylic acids is 2. The zero-order chi connectivity index (χ0) is 15.7. The normalized spacial score (nSPS) is 10.6. The molecule has 0 fully saturated rings. The Balaban J connectivity index is 2.38. The maximum absolute atomic E-state index is 11.9. The lowest BCUT2D eigenvalue weighted by Crippen LogP contribution is -2.30. The number of benzene rings is 3. The highest BCUT2D eigenvalue weighted by molar-refractivity contribution is 6.18. The van der Waals surface area contributed by atoms with Gasteiger partial charge in [0.15, 0.2) is 0 Å². The van der Waals surface area contributed by atoms with E-state index in [1.165, 1.54) is 0 Å². The molecule has 3 aromatic rings. The fourth-order valence-corrected chi connectivity index (χ4v) is 2.68. The topological polar surface area (TPSA) is 110 Å². The first-order valence-corrected chi connectivity index (χ1v) is 6.63. The predicted octanol–water partition coefficient (Wildman–Crippen LogP) is 1.20. The third-order valence-electron chi connectivity index (χ3n) is 3.67. The molecule has 22 heavy (non-hydrogen) atoms. The SMILES string of the molecule is NNC(=O)c1cccc2c1ccc1c(C(=O)NN)cccc12. The molecule has 6 N–H and O–H groups in total. The lowest BCUT2D eigenvalue weighted by molar-refractivity contribution is 0.0947. The minimum absolute atomic E-state index is 0.360. The lowest BCUT2D eigenvalue weighted by atomic mass is 9.95. The molecule has 0 aliphatic rings. The summed E-state index contributed by atoms with van der Waals surface area (Å²) in [4.78, 5) is 23.7. The van der Waals surface area contributed by atoms with E-state index in [1.54, 1.807) is 36.4 Å². The molecule has 0 aromatic heterocycles. The molecule has 2 amide bonds. The molecule has 6 heteroatoms. The van der Waals surface area contributed by atoms with E-state index in [2.05, 4.69) is 10.9 Å². The Labute approximate surface area is 126 Å². The molecular formula is C16H14N4O2. The largest absolute Gasteiger partial charge is 0.290 e. The Hall–Kier alpha value is -2.96. The number of rotatable bonds is 2. The van der Waals surface area contributed by atoms with Crippen molar-refractivity contribution in [1.29, 1.82) is 0 Å². The van der Waals surface area contributed by atoms with Gasteiger partial charge in [-0.25, -0.2) is 11.7 Å². The molecule has 0 radical (unpaired) electrons. The number of fused-ring (bicyclic) bond motifs is 3. The van der Waals surface area contributed by atoms with Crippen LogP contribution in [0, 0.1) is 0 Å². The highest BCUT2D eigenvalue weighted by Gasteiger charge is 2.13. The number of nitrogens with two attached hydrogens (primary N) is 2. The van der Waals surface area contributed by atoms with Crippen molar-refractivity contribution in [2.75, 3.05) is 0 Å². The van der Waals surface area contributed by atoms with E-state index in [0.717, 1.165) is 21.5 Å². The third-order valence-corrected chi connectivity index (χ3v) is 3.67. The second-order valence-corrected chi connectivity index (χ2v) is 4.81. The molecule has 110 valence electrons. The first-order valence-electron chi connectivity index (χ1n) is 6.63. The van der Waals surface area contributed by atoms with Gasteiger partial charge in [-0.2, -0.15) is 0 Å². The number of amides is 2. The summed E-state index contributed by atoms with van der Waals surface area (Å²) in [6.07, 6.45) is 0. The molecule has 6 nitrogen and oxygen atoms in total. The molecule has 0 atom stereocenters. The predicted molar refractivity (Wildman–Crippen MR) is 84.8 cm³/mol. The van der Waals surface area contributed by atoms with Gasteiger partial charge in [0.2, 0.25) is 0 Å². The van der Waals surface area contributed by atoms with Crippen molar-refractivity contribution < 1.29 is 9.59 Å². The summed E-state index contributed by atoms with van der Waals surface area (Å²) in [5.74, 6) is 9.73. The molecule has 0 heterocycles. The van der Waals surface area contributed by atoms with Crippen molar-refractivity contribution in [2.45, 2.75) is 0 Å². The van der Waals surface area contributed by atoms with Gasteiger partial charge in [0, 0.05) is 11.1 Å². The van der Waals surface area contributed by atoms with Crippen molar-refractivity contribution in [2.24, 2.45) is 11.7 Å². The van der Waals surface area contributed by atoms with Crippen LogP contribution in [0.4, 0.5) is 0 Å². The monoisotopic (exact) mass is 294 g/mol. The Kier molecular flexibility index (Phi) is 3.46. The van der Waals surface area contributed by atoms with E-state index in [4.69, 9.17) is 11.7 Å². The van der Waals surface area contributed by atoms with Crippen LogP contribution in [0.5, 0.6) is 0 Å². The maximum atomic E-state index is 11.9. The number of hydrogen-bond acceptors (Lipinski definition) is 4. The quantitative estimate of drug-likeness (QED) is 0.246. The summed E-state index contributed by atoms with van der Waals surface area (Å²) in [6.45, 7) is 0. The summed E-state index contributed by atoms with van der Waals surface area (Å²) in [6, 6.07) is 14.4. The van der Waals surface area contributed by atoms with E-state index in [9.17, 15) is 9.59 Å². The van der Waals surface area contributed by atoms with Crippen molar-refractivity contribution in [3.05, 3.63) is 59.7 Å². The number of nitrogens with one attached hydrogen (secondary N) is 2. The van der Waals surface area contributed by atoms with Crippen LogP contribution in [0.3, 0.4) is 0 Å². The molecule has 0 bridgehead atoms. The van der Waals surface area contributed by atoms with Crippen LogP contribution in [-0.4, -0.2) is 11.8 Å². The van der Waals surface area contributed by atoms with Gasteiger partial charge in [-0.15, -0.1) is 0 Å². The van der Waals surface area contributed by atoms with Crippen LogP contribution in [0.25, 0.3) is 21.5 Å². The second-order valence-electron chi connectivity index (χ2n) is 4.81. The van der Waals surface area contributed by atoms with Crippen molar-refractivity contribution in [3.63, 3.8) is 0 Å². The van der Waals surface area contributed by atoms with Crippen LogP contribution >= 0.6 is 0 Å². The maximum Gasteiger partial charge on any atom is 0.265 e. The van der Waals surface area contributed by atoms with Gasteiger partial charge in [0.25, 0.3) is 11.8 Å². The second kappa shape index (κ2) is 5.44. The third kappa shape index (κ3) is 2.07. The number of hydrazine groups is 2. The first-order chi connectivity index (χ1) is 10.7. The minimum atomic E-state index is -0.360. The van der Waals surface area contributed by atoms with Crippen LogP contribution in [0.1, 0.15) is 20.7 Å². The van der Waals surface area contributed by atoms with Gasteiger partial charge in [0.1, 0.15) is 0 Å². The van der Waals surface area contributed by atoms with E-state index in [1.807, 2.05) is 12.1 Å². The van der Waals surface area contributed by atoms with Crippen molar-refractivity contribution >= 4 is 33.4 Å². The van der Waals surface area contributed by atoms with Crippen LogP contribution < -0.4 is 22.5 Å². The molecule has 0 unspecified atom stereocenters. The molecule has 0 aliphatic carbocycles. The fraction of sp³-hybridized carbons (Fsp3) is 0. The average Bonchev–Trinajstić information content (AvgIpc) is 2.59. The number of hydrogen-bond donors (Lipinski definition) is 4. The lowest BCUT2D eigenvalue weighted by Gasteiger charge is -2.10. The molecule has 0 saturated heterocycles. The summed E-state index contributed by atoms with van der Waals surface area (Å²) < 4.78 is 0. The van der Waals surface area contributed by atoms with Crippen molar-refractivity contribution in [1.82, 2.24) is 10.9 Å². The van der Waals surface area contributed by atoms with Gasteiger partial charge in [-0.3, -0.25) is 20.4 Å². The number of carbonyl (C=O) groups is 2. The van der Waals surface area contributed by atoms with Crippen molar-refractivity contribution in [3.8, 4) is 0 Å². The Morgan fingerprint density at radius 1 is 0.636 bits per heavy atom. The van der Waals surface area contributed by atoms with E-state index in [-0.39, 0.29) is 11.8 Å². The van der Waals surface area contributed by atoms with Gasteiger partial charge in [-0.05, 0) is 33.7 Å². The summed E-state index contributed by atoms with van der Waals surface area (Å²) >= 11 is 0. The van der Waals surface area contributed by atoms with Gasteiger partial charge in [-0.1, -0.05) is 36.4 Å². The molecule has 3 rings (SSSR count). The molecular weight excluding hydrogens is 280 g/mol. The Morgan fingerprint density at radius 3 is 1.41 bits per heavy atom. The van der Waals surface area contributed by atoms with Gasteiger partial charge >= 0.3 is 0 Å². The molecule has 0 aliphatic heterocycles. The molecule has 3 aromatic carbocycles. The first kappa shape index (κ1) is 14.0. The molecule has 0 spiro atoms. The highest BCUT2D eigenvalue weighted by atomic mass is 16.2. The smallest absolute Gasteiger partial charge is 0.265 e. The molecule has 0 saturated carbocycles. The van der Waals surface area contributed by atoms with E-state index in [0.29, 0.717) is 11.1 Å². The zero-order valence-corrected chi connectivity index (χ0v) is 11.6. The van der Waals surface area contributed by atoms with Crippen LogP contribution in [-0.2, 0) is 0 Å². The minimum Gasteiger partial charge on any atom is -0.290 e. The van der Waals surface area contributed by atoms with Crippen LogP contribution in [0.2, 0.25) is 0 Å². The zero-order valence-electron chi connectivity index (χ0n) is 11.6. The Bertz CT molecular complexity index is 830. The van der Waals surface area contributed by atoms with Crippen LogP contribution in [0.15, 0.2) is 48.5 Å². The summed E-state index contributed by atoms with van der Waals surface area (Å²) in [7, 11) is 0. The number of nitrogen functional groups attached to an aromatic ring is 2. The van der Waals surface area contributed by atoms with Gasteiger partial charge < -0.3 is 0 Å². The van der Waals surface area contributed by atoms with E-state index >= 15 is 0 Å². The summed E-state index contributed by atoms with van der Waals surface area (Å²) in [5.41, 5.74) is 5.25. The highest BCUT2D eigenvalue weighted by Crippen LogP contribution is 2.29.